The summed E-state index contributed by atoms with van der Waals surface area (Å²) in [6, 6.07) is 8.28. The van der Waals surface area contributed by atoms with E-state index in [1.165, 1.54) is 25.3 Å². The van der Waals surface area contributed by atoms with Gasteiger partial charge in [-0.2, -0.15) is 0 Å². The van der Waals surface area contributed by atoms with Crippen LogP contribution < -0.4 is 9.46 Å². The molecular weight excluding hydrogens is 320 g/mol. The lowest BCUT2D eigenvalue weighted by Gasteiger charge is -2.13. The van der Waals surface area contributed by atoms with Gasteiger partial charge in [-0.15, -0.1) is 0 Å². The highest BCUT2D eigenvalue weighted by Crippen LogP contribution is 2.28. The van der Waals surface area contributed by atoms with E-state index >= 15 is 0 Å². The minimum absolute atomic E-state index is 0.167. The van der Waals surface area contributed by atoms with E-state index in [9.17, 15) is 18.5 Å². The van der Waals surface area contributed by atoms with Gasteiger partial charge < -0.3 is 4.74 Å². The molecule has 2 aromatic rings. The predicted molar refractivity (Wildman–Crippen MR) is 86.4 cm³/mol. The molecule has 0 saturated carbocycles. The molecule has 0 spiro atoms. The van der Waals surface area contributed by atoms with Crippen LogP contribution in [0.1, 0.15) is 11.1 Å². The third kappa shape index (κ3) is 3.59. The Bertz CT molecular complexity index is 862. The second-order valence-electron chi connectivity index (χ2n) is 5.00. The van der Waals surface area contributed by atoms with Gasteiger partial charge in [0.15, 0.2) is 0 Å². The number of ether oxygens (including phenoxy) is 1. The molecule has 0 aliphatic heterocycles. The summed E-state index contributed by atoms with van der Waals surface area (Å²) in [7, 11) is -2.39. The molecule has 0 aliphatic carbocycles. The molecule has 7 nitrogen and oxygen atoms in total. The van der Waals surface area contributed by atoms with Gasteiger partial charge in [-0.05, 0) is 43.2 Å². The van der Waals surface area contributed by atoms with E-state index in [0.29, 0.717) is 17.0 Å². The van der Waals surface area contributed by atoms with Crippen LogP contribution in [-0.2, 0) is 10.0 Å². The van der Waals surface area contributed by atoms with Gasteiger partial charge >= 0.3 is 0 Å². The summed E-state index contributed by atoms with van der Waals surface area (Å²) in [6.07, 6.45) is 0. The summed E-state index contributed by atoms with van der Waals surface area (Å²) in [4.78, 5) is 9.98. The number of hydrogen-bond donors (Lipinski definition) is 1. The van der Waals surface area contributed by atoms with Crippen LogP contribution in [0, 0.1) is 24.0 Å². The zero-order chi connectivity index (χ0) is 17.2. The number of rotatable bonds is 5. The maximum Gasteiger partial charge on any atom is 0.270 e. The van der Waals surface area contributed by atoms with Crippen molar-refractivity contribution in [1.29, 1.82) is 0 Å². The van der Waals surface area contributed by atoms with Crippen LogP contribution in [0.3, 0.4) is 0 Å². The Morgan fingerprint density at radius 2 is 1.83 bits per heavy atom. The Morgan fingerprint density at radius 1 is 1.13 bits per heavy atom. The number of methoxy groups -OCH3 is 1. The summed E-state index contributed by atoms with van der Waals surface area (Å²) in [5, 5.41) is 10.8. The molecule has 0 fully saturated rings. The Hall–Kier alpha value is -2.61. The maximum atomic E-state index is 12.4. The van der Waals surface area contributed by atoms with Gasteiger partial charge in [0.05, 0.1) is 22.6 Å². The third-order valence-electron chi connectivity index (χ3n) is 3.32. The zero-order valence-electron chi connectivity index (χ0n) is 12.9. The van der Waals surface area contributed by atoms with E-state index in [1.807, 2.05) is 0 Å². The van der Waals surface area contributed by atoms with Crippen molar-refractivity contribution in [2.24, 2.45) is 0 Å². The van der Waals surface area contributed by atoms with Crippen LogP contribution in [-0.4, -0.2) is 20.5 Å². The van der Waals surface area contributed by atoms with Crippen molar-refractivity contribution in [2.45, 2.75) is 18.7 Å². The summed E-state index contributed by atoms with van der Waals surface area (Å²) in [5.74, 6) is 0.654. The van der Waals surface area contributed by atoms with Crippen LogP contribution in [0.5, 0.6) is 5.75 Å². The Balaban J connectivity index is 2.41. The van der Waals surface area contributed by atoms with Crippen molar-refractivity contribution in [3.8, 4) is 5.75 Å². The molecule has 8 heteroatoms. The Labute approximate surface area is 134 Å². The zero-order valence-corrected chi connectivity index (χ0v) is 13.7. The number of nitrogens with zero attached hydrogens (tertiary/aromatic N) is 1. The van der Waals surface area contributed by atoms with Crippen LogP contribution in [0.25, 0.3) is 0 Å². The summed E-state index contributed by atoms with van der Waals surface area (Å²) < 4.78 is 32.5. The van der Waals surface area contributed by atoms with Gasteiger partial charge in [0.1, 0.15) is 5.75 Å². The number of non-ortho nitro benzene ring substituents is 1. The van der Waals surface area contributed by atoms with Gasteiger partial charge in [-0.3, -0.25) is 14.8 Å². The number of anilines is 1. The average Bonchev–Trinajstić information content (AvgIpc) is 2.50. The average molecular weight is 336 g/mol. The topological polar surface area (TPSA) is 98.5 Å². The van der Waals surface area contributed by atoms with Gasteiger partial charge in [-0.25, -0.2) is 8.42 Å². The molecule has 0 saturated heterocycles. The smallest absolute Gasteiger partial charge is 0.270 e. The lowest BCUT2D eigenvalue weighted by Crippen LogP contribution is -2.14. The summed E-state index contributed by atoms with van der Waals surface area (Å²) >= 11 is 0. The van der Waals surface area contributed by atoms with E-state index in [4.69, 9.17) is 4.74 Å². The number of aryl methyl sites for hydroxylation is 2. The fraction of sp³-hybridized carbons (Fsp3) is 0.200. The molecule has 122 valence electrons. The number of nitro groups is 1. The molecule has 2 aromatic carbocycles. The largest absolute Gasteiger partial charge is 0.496 e. The lowest BCUT2D eigenvalue weighted by atomic mass is 10.1. The molecule has 2 rings (SSSR count). The van der Waals surface area contributed by atoms with E-state index in [1.54, 1.807) is 26.0 Å². The Kier molecular flexibility index (Phi) is 4.55. The monoisotopic (exact) mass is 336 g/mol. The molecular formula is C15H16N2O5S. The van der Waals surface area contributed by atoms with E-state index in [0.717, 1.165) is 11.6 Å². The molecule has 0 aliphatic rings. The molecule has 0 unspecified atom stereocenters. The first-order valence-electron chi connectivity index (χ1n) is 6.67. The first kappa shape index (κ1) is 16.8. The highest BCUT2D eigenvalue weighted by atomic mass is 32.2. The lowest BCUT2D eigenvalue weighted by molar-refractivity contribution is -0.385. The fourth-order valence-electron chi connectivity index (χ4n) is 2.09. The van der Waals surface area contributed by atoms with Crippen LogP contribution in [0.2, 0.25) is 0 Å². The van der Waals surface area contributed by atoms with Crippen molar-refractivity contribution < 1.29 is 18.1 Å². The summed E-state index contributed by atoms with van der Waals surface area (Å²) in [5.41, 5.74) is 1.57. The minimum atomic E-state index is -3.92. The van der Waals surface area contributed by atoms with Crippen molar-refractivity contribution in [2.75, 3.05) is 11.8 Å². The molecule has 0 aromatic heterocycles. The molecule has 1 N–H and O–H groups in total. The maximum absolute atomic E-state index is 12.4. The number of nitro benzene ring substituents is 1. The van der Waals surface area contributed by atoms with Crippen molar-refractivity contribution in [1.82, 2.24) is 0 Å². The molecule has 23 heavy (non-hydrogen) atoms. The third-order valence-corrected chi connectivity index (χ3v) is 4.69. The normalized spacial score (nSPS) is 11.1. The SMILES string of the molecule is COc1cc(C)c(NS(=O)(=O)c2cccc([N+](=O)[O-])c2)cc1C. The number of benzene rings is 2. The highest BCUT2D eigenvalue weighted by molar-refractivity contribution is 7.92. The molecule has 0 amide bonds. The van der Waals surface area contributed by atoms with Crippen molar-refractivity contribution in [3.05, 3.63) is 57.6 Å². The van der Waals surface area contributed by atoms with E-state index < -0.39 is 14.9 Å². The standard InChI is InChI=1S/C15H16N2O5S/c1-10-8-15(22-3)11(2)7-14(10)16-23(20,21)13-6-4-5-12(9-13)17(18)19/h4-9,16H,1-3H3. The van der Waals surface area contributed by atoms with Gasteiger partial charge in [0, 0.05) is 12.1 Å². The number of nitrogens with one attached hydrogen (secondary N) is 1. The fourth-order valence-corrected chi connectivity index (χ4v) is 3.25. The summed E-state index contributed by atoms with van der Waals surface area (Å²) in [6.45, 7) is 3.54. The highest BCUT2D eigenvalue weighted by Gasteiger charge is 2.19. The molecule has 0 radical (unpaired) electrons. The second-order valence-corrected chi connectivity index (χ2v) is 6.68. The van der Waals surface area contributed by atoms with Crippen LogP contribution >= 0.6 is 0 Å². The van der Waals surface area contributed by atoms with Crippen molar-refractivity contribution >= 4 is 21.4 Å². The predicted octanol–water partition coefficient (Wildman–Crippen LogP) is 3.02. The van der Waals surface area contributed by atoms with E-state index in [2.05, 4.69) is 4.72 Å². The molecule has 0 heterocycles. The molecule has 0 atom stereocenters. The Morgan fingerprint density at radius 3 is 2.43 bits per heavy atom. The van der Waals surface area contributed by atoms with Gasteiger partial charge in [-0.1, -0.05) is 6.07 Å². The van der Waals surface area contributed by atoms with Gasteiger partial charge in [0.2, 0.25) is 0 Å². The van der Waals surface area contributed by atoms with Crippen LogP contribution in [0.4, 0.5) is 11.4 Å². The quantitative estimate of drug-likeness (QED) is 0.668. The van der Waals surface area contributed by atoms with E-state index in [-0.39, 0.29) is 10.6 Å². The number of sulfonamides is 1. The minimum Gasteiger partial charge on any atom is -0.496 e. The van der Waals surface area contributed by atoms with Crippen molar-refractivity contribution in [3.63, 3.8) is 0 Å². The first-order valence-corrected chi connectivity index (χ1v) is 8.15. The first-order chi connectivity index (χ1) is 10.7. The number of hydrogen-bond acceptors (Lipinski definition) is 5. The van der Waals surface area contributed by atoms with Crippen LogP contribution in [0.15, 0.2) is 41.3 Å². The van der Waals surface area contributed by atoms with Gasteiger partial charge in [0.25, 0.3) is 15.7 Å². The second kappa shape index (κ2) is 6.25. The molecule has 0 bridgehead atoms.